The molecule has 0 bridgehead atoms. The van der Waals surface area contributed by atoms with E-state index < -0.39 is 11.9 Å². The minimum Gasteiger partial charge on any atom is -0.545 e. The molecule has 0 atom stereocenters. The third-order valence-corrected chi connectivity index (χ3v) is 0.355. The molecule has 6 N–H and O–H groups in total. The number of carboxylic acid groups (broad SMARTS) is 2. The van der Waals surface area contributed by atoms with Crippen LogP contribution in [0, 0.1) is 0 Å². The predicted octanol–water partition coefficient (Wildman–Crippen LogP) is -5.81. The zero-order chi connectivity index (χ0) is 6.57. The summed E-state index contributed by atoms with van der Waals surface area (Å²) in [6.07, 6.45) is 0.769. The number of hydrogen-bond acceptors (Lipinski definition) is 4. The summed E-state index contributed by atoms with van der Waals surface area (Å²) in [5.74, 6) is -3.09. The summed E-state index contributed by atoms with van der Waals surface area (Å²) < 4.78 is 0. The van der Waals surface area contributed by atoms with E-state index >= 15 is 0 Å². The van der Waals surface area contributed by atoms with Crippen LogP contribution >= 0.6 is 0 Å². The fourth-order valence-corrected chi connectivity index (χ4v) is 0.136. The van der Waals surface area contributed by atoms with E-state index in [1.807, 2.05) is 0 Å². The fourth-order valence-electron chi connectivity index (χ4n) is 0.136. The average Bonchev–Trinajstić information content (AvgIpc) is 1.61. The summed E-state index contributed by atoms with van der Waals surface area (Å²) in [6, 6.07) is 0. The van der Waals surface area contributed by atoms with Crippen molar-refractivity contribution in [3.05, 3.63) is 12.2 Å². The van der Waals surface area contributed by atoms with Gasteiger partial charge < -0.3 is 36.2 Å². The van der Waals surface area contributed by atoms with E-state index in [0.717, 1.165) is 0 Å². The minimum atomic E-state index is -1.55. The molecule has 7 nitrogen and oxygen atoms in total. The van der Waals surface area contributed by atoms with Gasteiger partial charge in [0.25, 0.3) is 0 Å². The van der Waals surface area contributed by atoms with E-state index in [1.54, 1.807) is 0 Å². The van der Waals surface area contributed by atoms with Crippen molar-refractivity contribution in [2.75, 3.05) is 0 Å². The van der Waals surface area contributed by atoms with Crippen LogP contribution < -0.4 is 10.2 Å². The molecule has 0 saturated carbocycles. The maximum atomic E-state index is 9.41. The van der Waals surface area contributed by atoms with Crippen LogP contribution in [0.2, 0.25) is 0 Å². The summed E-state index contributed by atoms with van der Waals surface area (Å²) in [5, 5.41) is 18.8. The van der Waals surface area contributed by atoms with Gasteiger partial charge in [0.2, 0.25) is 0 Å². The molecule has 0 aromatic rings. The molecule has 68 valence electrons. The van der Waals surface area contributed by atoms with Gasteiger partial charge in [0.05, 0.1) is 11.9 Å². The van der Waals surface area contributed by atoms with E-state index in [1.165, 1.54) is 0 Å². The first-order chi connectivity index (χ1) is 3.63. The first kappa shape index (κ1) is 29.8. The summed E-state index contributed by atoms with van der Waals surface area (Å²) in [4.78, 5) is 18.8. The molecule has 0 aromatic heterocycles. The number of hydrogen-bond donors (Lipinski definition) is 0. The Morgan fingerprint density at radius 3 is 1.08 bits per heavy atom. The van der Waals surface area contributed by atoms with Gasteiger partial charge in [0.1, 0.15) is 0 Å². The van der Waals surface area contributed by atoms with E-state index in [0.29, 0.717) is 12.2 Å². The maximum Gasteiger partial charge on any atom is 2.00 e. The van der Waals surface area contributed by atoms with Crippen LogP contribution in [-0.2, 0) is 9.59 Å². The molecule has 12 heavy (non-hydrogen) atoms. The Bertz CT molecular complexity index is 126. The van der Waals surface area contributed by atoms with Gasteiger partial charge in [-0.1, -0.05) is 0 Å². The van der Waals surface area contributed by atoms with Gasteiger partial charge in [-0.3, -0.25) is 0 Å². The average molecular weight is 208 g/mol. The number of carboxylic acids is 2. The molecule has 0 radical (unpaired) electrons. The van der Waals surface area contributed by atoms with Crippen LogP contribution in [0.1, 0.15) is 0 Å². The summed E-state index contributed by atoms with van der Waals surface area (Å²) in [6.45, 7) is 0. The molecule has 0 amide bonds. The van der Waals surface area contributed by atoms with Crippen molar-refractivity contribution in [1.82, 2.24) is 0 Å². The van der Waals surface area contributed by atoms with Crippen LogP contribution in [0.4, 0.5) is 0 Å². The normalized spacial score (nSPS) is 6.33. The number of carbonyl (C=O) groups excluding carboxylic acids is 2. The van der Waals surface area contributed by atoms with Gasteiger partial charge in [-0.05, 0) is 12.2 Å². The molecule has 0 saturated heterocycles. The number of aliphatic carboxylic acids is 2. The number of rotatable bonds is 2. The van der Waals surface area contributed by atoms with Crippen LogP contribution in [0.5, 0.6) is 0 Å². The summed E-state index contributed by atoms with van der Waals surface area (Å²) in [7, 11) is 0. The second-order valence-corrected chi connectivity index (χ2v) is 0.971. The van der Waals surface area contributed by atoms with E-state index in [-0.39, 0.29) is 54.2 Å². The second-order valence-electron chi connectivity index (χ2n) is 0.971. The monoisotopic (exact) mass is 208 g/mol. The van der Waals surface area contributed by atoms with E-state index in [2.05, 4.69) is 0 Å². The smallest absolute Gasteiger partial charge is 0.545 e. The van der Waals surface area contributed by atoms with Gasteiger partial charge in [-0.25, -0.2) is 0 Å². The standard InChI is InChI=1S/C4H4O4.Ca.3H2O/c5-3(6)1-2-4(7)8;;;;/h1-2H,(H,5,6)(H,7,8);;3*1H2/q;+2;;;/p-2/b2-1+;;;;. The largest absolute Gasteiger partial charge is 2.00 e. The zero-order valence-corrected chi connectivity index (χ0v) is 8.20. The fraction of sp³-hybridized carbons (Fsp3) is 0. The predicted molar refractivity (Wildman–Crippen MR) is 35.7 cm³/mol. The van der Waals surface area contributed by atoms with Crippen molar-refractivity contribution in [3.8, 4) is 0 Å². The summed E-state index contributed by atoms with van der Waals surface area (Å²) >= 11 is 0. The Morgan fingerprint density at radius 2 is 1.00 bits per heavy atom. The molecule has 0 aromatic carbocycles. The first-order valence-electron chi connectivity index (χ1n) is 1.73. The van der Waals surface area contributed by atoms with Crippen LogP contribution in [-0.4, -0.2) is 66.1 Å². The quantitative estimate of drug-likeness (QED) is 0.324. The molecule has 8 heteroatoms. The van der Waals surface area contributed by atoms with Gasteiger partial charge in [0, 0.05) is 0 Å². The van der Waals surface area contributed by atoms with Gasteiger partial charge in [-0.2, -0.15) is 0 Å². The van der Waals surface area contributed by atoms with Crippen LogP contribution in [0.15, 0.2) is 12.2 Å². The Morgan fingerprint density at radius 1 is 0.833 bits per heavy atom. The van der Waals surface area contributed by atoms with Crippen LogP contribution in [0.25, 0.3) is 0 Å². The number of carbonyl (C=O) groups is 2. The first-order valence-corrected chi connectivity index (χ1v) is 1.73. The van der Waals surface area contributed by atoms with Crippen molar-refractivity contribution in [2.45, 2.75) is 0 Å². The van der Waals surface area contributed by atoms with Crippen molar-refractivity contribution in [2.24, 2.45) is 0 Å². The van der Waals surface area contributed by atoms with Gasteiger partial charge in [-0.15, -0.1) is 0 Å². The molecule has 0 aliphatic carbocycles. The van der Waals surface area contributed by atoms with Crippen LogP contribution in [0.3, 0.4) is 0 Å². The Hall–Kier alpha value is -0.180. The maximum absolute atomic E-state index is 9.41. The minimum absolute atomic E-state index is 0. The third-order valence-electron chi connectivity index (χ3n) is 0.355. The Labute approximate surface area is 97.6 Å². The van der Waals surface area contributed by atoms with Crippen molar-refractivity contribution in [1.29, 1.82) is 0 Å². The zero-order valence-electron chi connectivity index (χ0n) is 5.99. The van der Waals surface area contributed by atoms with E-state index in [9.17, 15) is 19.8 Å². The molecule has 0 aliphatic rings. The molecule has 0 heterocycles. The van der Waals surface area contributed by atoms with Crippen molar-refractivity contribution in [3.63, 3.8) is 0 Å². The van der Waals surface area contributed by atoms with Crippen molar-refractivity contribution >= 4 is 49.7 Å². The third kappa shape index (κ3) is 32.9. The second kappa shape index (κ2) is 17.1. The van der Waals surface area contributed by atoms with Gasteiger partial charge >= 0.3 is 37.7 Å². The van der Waals surface area contributed by atoms with Crippen molar-refractivity contribution < 1.29 is 36.2 Å². The topological polar surface area (TPSA) is 175 Å². The molecule has 0 aliphatic heterocycles. The molecular weight excluding hydrogens is 200 g/mol. The Kier molecular flexibility index (Phi) is 42.3. The van der Waals surface area contributed by atoms with E-state index in [4.69, 9.17) is 0 Å². The molecule has 0 spiro atoms. The SMILES string of the molecule is O.O.O.O=C([O-])/C=C/C(=O)[O-].[Ca+2]. The molecular formula is C4H8CaO7. The molecule has 0 rings (SSSR count). The molecule has 0 fully saturated rings. The Balaban J connectivity index is -0.0000000408. The molecule has 0 unspecified atom stereocenters. The summed E-state index contributed by atoms with van der Waals surface area (Å²) in [5.41, 5.74) is 0. The van der Waals surface area contributed by atoms with Gasteiger partial charge in [0.15, 0.2) is 0 Å².